The van der Waals surface area contributed by atoms with Crippen molar-refractivity contribution in [2.45, 2.75) is 6.54 Å². The molecule has 0 spiro atoms. The minimum Gasteiger partial charge on any atom is -0.427 e. The van der Waals surface area contributed by atoms with Gasteiger partial charge in [-0.05, 0) is 12.1 Å². The van der Waals surface area contributed by atoms with Crippen molar-refractivity contribution in [3.63, 3.8) is 0 Å². The molecule has 14 heavy (non-hydrogen) atoms. The maximum Gasteiger partial charge on any atom is 0.292 e. The molecule has 0 aromatic carbocycles. The summed E-state index contributed by atoms with van der Waals surface area (Å²) in [6.07, 6.45) is 5.05. The number of oxazole rings is 1. The number of nitrogens with two attached hydrogens (primary N) is 1. The van der Waals surface area contributed by atoms with Gasteiger partial charge in [-0.1, -0.05) is 0 Å². The van der Waals surface area contributed by atoms with Crippen LogP contribution in [-0.4, -0.2) is 9.97 Å². The first-order chi connectivity index (χ1) is 6.84. The van der Waals surface area contributed by atoms with Gasteiger partial charge in [-0.25, -0.2) is 4.98 Å². The number of pyridine rings is 1. The van der Waals surface area contributed by atoms with Gasteiger partial charge in [0.05, 0.1) is 18.4 Å². The molecule has 2 aromatic heterocycles. The Hall–Kier alpha value is -2.04. The fourth-order valence-corrected chi connectivity index (χ4v) is 1.06. The number of aromatic nitrogens is 2. The van der Waals surface area contributed by atoms with Crippen molar-refractivity contribution < 1.29 is 4.42 Å². The number of rotatable bonds is 3. The number of hydrogen-bond acceptors (Lipinski definition) is 5. The zero-order valence-electron chi connectivity index (χ0n) is 7.47. The molecule has 0 saturated heterocycles. The molecule has 0 aliphatic heterocycles. The van der Waals surface area contributed by atoms with E-state index in [0.717, 1.165) is 5.69 Å². The van der Waals surface area contributed by atoms with Crippen LogP contribution < -0.4 is 11.1 Å². The molecule has 0 aliphatic rings. The number of hydrogen-bond donors (Lipinski definition) is 2. The standard InChI is InChI=1S/C9H10N4O/c10-9-13-6-8(14-9)5-12-7-2-1-3-11-4-7/h1-4,6,12H,5H2,(H2,10,13). The molecule has 0 amide bonds. The second kappa shape index (κ2) is 3.78. The highest BCUT2D eigenvalue weighted by Gasteiger charge is 1.99. The van der Waals surface area contributed by atoms with Gasteiger partial charge < -0.3 is 15.5 Å². The van der Waals surface area contributed by atoms with Crippen molar-refractivity contribution in [3.05, 3.63) is 36.5 Å². The number of nitrogens with one attached hydrogen (secondary N) is 1. The maximum absolute atomic E-state index is 5.33. The van der Waals surface area contributed by atoms with Gasteiger partial charge in [0.15, 0.2) is 0 Å². The normalized spacial score (nSPS) is 10.0. The topological polar surface area (TPSA) is 77.0 Å². The zero-order valence-corrected chi connectivity index (χ0v) is 7.47. The lowest BCUT2D eigenvalue weighted by molar-refractivity contribution is 0.531. The highest BCUT2D eigenvalue weighted by Crippen LogP contribution is 2.08. The van der Waals surface area contributed by atoms with Gasteiger partial charge in [-0.15, -0.1) is 0 Å². The molecular formula is C9H10N4O. The van der Waals surface area contributed by atoms with Crippen LogP contribution in [0.25, 0.3) is 0 Å². The molecule has 0 bridgehead atoms. The van der Waals surface area contributed by atoms with E-state index < -0.39 is 0 Å². The Balaban J connectivity index is 1.95. The monoisotopic (exact) mass is 190 g/mol. The second-order valence-corrected chi connectivity index (χ2v) is 2.76. The number of nitrogen functional groups attached to an aromatic ring is 1. The van der Waals surface area contributed by atoms with Crippen LogP contribution in [0.2, 0.25) is 0 Å². The van der Waals surface area contributed by atoms with Crippen molar-refractivity contribution in [3.8, 4) is 0 Å². The van der Waals surface area contributed by atoms with Crippen molar-refractivity contribution in [1.29, 1.82) is 0 Å². The van der Waals surface area contributed by atoms with Crippen LogP contribution in [0.15, 0.2) is 35.1 Å². The van der Waals surface area contributed by atoms with E-state index >= 15 is 0 Å². The zero-order chi connectivity index (χ0) is 9.80. The van der Waals surface area contributed by atoms with E-state index in [9.17, 15) is 0 Å². The van der Waals surface area contributed by atoms with Gasteiger partial charge in [0.2, 0.25) is 0 Å². The SMILES string of the molecule is Nc1ncc(CNc2cccnc2)o1. The first-order valence-corrected chi connectivity index (χ1v) is 4.18. The molecule has 2 rings (SSSR count). The number of nitrogens with zero attached hydrogens (tertiary/aromatic N) is 2. The van der Waals surface area contributed by atoms with Gasteiger partial charge in [-0.2, -0.15) is 0 Å². The van der Waals surface area contributed by atoms with Crippen molar-refractivity contribution in [2.24, 2.45) is 0 Å². The van der Waals surface area contributed by atoms with E-state index in [4.69, 9.17) is 10.2 Å². The average molecular weight is 190 g/mol. The first-order valence-electron chi connectivity index (χ1n) is 4.18. The maximum atomic E-state index is 5.33. The van der Waals surface area contributed by atoms with E-state index in [0.29, 0.717) is 12.3 Å². The van der Waals surface area contributed by atoms with E-state index in [-0.39, 0.29) is 6.01 Å². The number of anilines is 2. The fourth-order valence-electron chi connectivity index (χ4n) is 1.06. The summed E-state index contributed by atoms with van der Waals surface area (Å²) in [6.45, 7) is 0.551. The highest BCUT2D eigenvalue weighted by molar-refractivity contribution is 5.39. The van der Waals surface area contributed by atoms with Crippen LogP contribution in [0.1, 0.15) is 5.76 Å². The molecule has 0 saturated carbocycles. The van der Waals surface area contributed by atoms with E-state index in [2.05, 4.69) is 15.3 Å². The Morgan fingerprint density at radius 3 is 3.00 bits per heavy atom. The van der Waals surface area contributed by atoms with Crippen LogP contribution in [-0.2, 0) is 6.54 Å². The lowest BCUT2D eigenvalue weighted by Crippen LogP contribution is -1.97. The summed E-state index contributed by atoms with van der Waals surface area (Å²) in [4.78, 5) is 7.75. The van der Waals surface area contributed by atoms with Crippen LogP contribution in [0.3, 0.4) is 0 Å². The van der Waals surface area contributed by atoms with Gasteiger partial charge in [0, 0.05) is 12.4 Å². The Morgan fingerprint density at radius 1 is 1.43 bits per heavy atom. The van der Waals surface area contributed by atoms with E-state index in [1.807, 2.05) is 12.1 Å². The lowest BCUT2D eigenvalue weighted by atomic mass is 10.4. The van der Waals surface area contributed by atoms with Gasteiger partial charge in [-0.3, -0.25) is 4.98 Å². The minimum atomic E-state index is 0.188. The molecule has 3 N–H and O–H groups in total. The third-order valence-corrected chi connectivity index (χ3v) is 1.70. The predicted octanol–water partition coefficient (Wildman–Crippen LogP) is 1.26. The summed E-state index contributed by atoms with van der Waals surface area (Å²) < 4.78 is 5.09. The molecule has 5 nitrogen and oxygen atoms in total. The molecule has 2 heterocycles. The van der Waals surface area contributed by atoms with E-state index in [1.54, 1.807) is 18.6 Å². The quantitative estimate of drug-likeness (QED) is 0.762. The van der Waals surface area contributed by atoms with Crippen LogP contribution in [0, 0.1) is 0 Å². The summed E-state index contributed by atoms with van der Waals surface area (Å²) >= 11 is 0. The summed E-state index contributed by atoms with van der Waals surface area (Å²) in [6, 6.07) is 3.97. The molecule has 0 aliphatic carbocycles. The third kappa shape index (κ3) is 2.01. The van der Waals surface area contributed by atoms with Crippen LogP contribution >= 0.6 is 0 Å². The molecule has 5 heteroatoms. The minimum absolute atomic E-state index is 0.188. The second-order valence-electron chi connectivity index (χ2n) is 2.76. The highest BCUT2D eigenvalue weighted by atomic mass is 16.4. The Bertz CT molecular complexity index is 398. The first kappa shape index (κ1) is 8.55. The summed E-state index contributed by atoms with van der Waals surface area (Å²) in [5.41, 5.74) is 6.26. The van der Waals surface area contributed by atoms with Gasteiger partial charge in [0.25, 0.3) is 6.01 Å². The summed E-state index contributed by atoms with van der Waals surface area (Å²) in [5, 5.41) is 3.12. The molecule has 0 fully saturated rings. The predicted molar refractivity (Wildman–Crippen MR) is 52.5 cm³/mol. The molecule has 72 valence electrons. The fraction of sp³-hybridized carbons (Fsp3) is 0.111. The molecule has 0 atom stereocenters. The Morgan fingerprint density at radius 2 is 2.36 bits per heavy atom. The Kier molecular flexibility index (Phi) is 2.31. The van der Waals surface area contributed by atoms with Crippen molar-refractivity contribution in [2.75, 3.05) is 11.1 Å². The van der Waals surface area contributed by atoms with Crippen LogP contribution in [0.5, 0.6) is 0 Å². The summed E-state index contributed by atoms with van der Waals surface area (Å²) in [5.74, 6) is 0.700. The summed E-state index contributed by atoms with van der Waals surface area (Å²) in [7, 11) is 0. The third-order valence-electron chi connectivity index (χ3n) is 1.70. The molecule has 0 unspecified atom stereocenters. The molecule has 2 aromatic rings. The Labute approximate surface area is 81.0 Å². The largest absolute Gasteiger partial charge is 0.427 e. The van der Waals surface area contributed by atoms with Crippen molar-refractivity contribution >= 4 is 11.7 Å². The smallest absolute Gasteiger partial charge is 0.292 e. The van der Waals surface area contributed by atoms with Gasteiger partial charge in [0.1, 0.15) is 5.76 Å². The van der Waals surface area contributed by atoms with Crippen LogP contribution in [0.4, 0.5) is 11.7 Å². The average Bonchev–Trinajstić information content (AvgIpc) is 2.63. The lowest BCUT2D eigenvalue weighted by Gasteiger charge is -2.01. The van der Waals surface area contributed by atoms with Gasteiger partial charge >= 0.3 is 0 Å². The molecular weight excluding hydrogens is 180 g/mol. The van der Waals surface area contributed by atoms with Crippen molar-refractivity contribution in [1.82, 2.24) is 9.97 Å². The van der Waals surface area contributed by atoms with E-state index in [1.165, 1.54) is 0 Å². The molecule has 0 radical (unpaired) electrons.